The van der Waals surface area contributed by atoms with Crippen LogP contribution in [0.4, 0.5) is 5.13 Å². The third-order valence-corrected chi connectivity index (χ3v) is 7.47. The number of anilines is 1. The van der Waals surface area contributed by atoms with Crippen LogP contribution in [-0.2, 0) is 9.84 Å². The summed E-state index contributed by atoms with van der Waals surface area (Å²) >= 11 is 1.49. The van der Waals surface area contributed by atoms with Crippen LogP contribution >= 0.6 is 11.3 Å². The summed E-state index contributed by atoms with van der Waals surface area (Å²) in [6.45, 7) is 11.2. The van der Waals surface area contributed by atoms with Crippen LogP contribution in [0, 0.1) is 13.8 Å². The van der Waals surface area contributed by atoms with E-state index in [-0.39, 0.29) is 10.8 Å². The van der Waals surface area contributed by atoms with Crippen LogP contribution in [0.1, 0.15) is 35.3 Å². The number of hydrogen-bond donors (Lipinski definition) is 0. The van der Waals surface area contributed by atoms with Crippen LogP contribution in [0.15, 0.2) is 41.3 Å². The average Bonchev–Trinajstić information content (AvgIpc) is 3.14. The molecule has 0 saturated carbocycles. The number of carbonyl (C=O) groups is 1. The molecule has 0 saturated heterocycles. The molecule has 0 N–H and O–H groups in total. The molecule has 8 heteroatoms. The molecule has 0 aliphatic heterocycles. The van der Waals surface area contributed by atoms with Gasteiger partial charge in [0.05, 0.1) is 15.1 Å². The molecule has 0 unspecified atom stereocenters. The van der Waals surface area contributed by atoms with Crippen molar-refractivity contribution in [2.45, 2.75) is 32.6 Å². The Bertz CT molecular complexity index is 1200. The number of carbonyl (C=O) groups excluding carboxylic acids is 1. The number of benzene rings is 2. The SMILES string of the molecule is CCN(CC)CCN(C(=O)c1cccc(S(C)(=O)=O)c1)c1nc2c(C)cc(C)cc2s1. The minimum absolute atomic E-state index is 0.137. The Balaban J connectivity index is 2.04. The second kappa shape index (κ2) is 9.46. The van der Waals surface area contributed by atoms with E-state index < -0.39 is 9.84 Å². The Morgan fingerprint density at radius 3 is 2.42 bits per heavy atom. The monoisotopic (exact) mass is 459 g/mol. The molecule has 0 atom stereocenters. The zero-order valence-corrected chi connectivity index (χ0v) is 20.3. The van der Waals surface area contributed by atoms with Gasteiger partial charge in [-0.2, -0.15) is 0 Å². The molecule has 0 bridgehead atoms. The molecule has 1 aromatic heterocycles. The minimum Gasteiger partial charge on any atom is -0.302 e. The van der Waals surface area contributed by atoms with Gasteiger partial charge in [-0.1, -0.05) is 37.3 Å². The number of nitrogens with zero attached hydrogens (tertiary/aromatic N) is 3. The molecule has 2 aromatic carbocycles. The van der Waals surface area contributed by atoms with Gasteiger partial charge in [-0.05, 0) is 62.3 Å². The van der Waals surface area contributed by atoms with Gasteiger partial charge in [-0.3, -0.25) is 9.69 Å². The van der Waals surface area contributed by atoms with Gasteiger partial charge in [0.2, 0.25) is 0 Å². The molecule has 1 amide bonds. The molecule has 0 aliphatic carbocycles. The Labute approximate surface area is 188 Å². The van der Waals surface area contributed by atoms with Gasteiger partial charge >= 0.3 is 0 Å². The van der Waals surface area contributed by atoms with E-state index in [9.17, 15) is 13.2 Å². The van der Waals surface area contributed by atoms with Crippen molar-refractivity contribution in [3.05, 3.63) is 53.1 Å². The number of hydrogen-bond acceptors (Lipinski definition) is 6. The molecule has 0 spiro atoms. The van der Waals surface area contributed by atoms with Crippen molar-refractivity contribution in [3.8, 4) is 0 Å². The van der Waals surface area contributed by atoms with Gasteiger partial charge in [-0.15, -0.1) is 0 Å². The van der Waals surface area contributed by atoms with Crippen molar-refractivity contribution in [3.63, 3.8) is 0 Å². The van der Waals surface area contributed by atoms with Gasteiger partial charge < -0.3 is 4.90 Å². The first-order valence-electron chi connectivity index (χ1n) is 10.4. The number of amides is 1. The molecular weight excluding hydrogens is 430 g/mol. The van der Waals surface area contributed by atoms with Crippen molar-refractivity contribution >= 4 is 42.4 Å². The summed E-state index contributed by atoms with van der Waals surface area (Å²) in [5.74, 6) is -0.244. The summed E-state index contributed by atoms with van der Waals surface area (Å²) in [4.78, 5) is 22.4. The Hall–Kier alpha value is -2.29. The average molecular weight is 460 g/mol. The predicted molar refractivity (Wildman–Crippen MR) is 128 cm³/mol. The van der Waals surface area contributed by atoms with Crippen molar-refractivity contribution in [1.82, 2.24) is 9.88 Å². The van der Waals surface area contributed by atoms with E-state index in [1.807, 2.05) is 13.8 Å². The molecule has 0 aliphatic rings. The summed E-state index contributed by atoms with van der Waals surface area (Å²) in [5, 5.41) is 0.630. The van der Waals surface area contributed by atoms with Crippen LogP contribution in [0.25, 0.3) is 10.2 Å². The lowest BCUT2D eigenvalue weighted by Gasteiger charge is -2.25. The normalized spacial score (nSPS) is 11.9. The van der Waals surface area contributed by atoms with Crippen molar-refractivity contribution in [2.75, 3.05) is 37.3 Å². The smallest absolute Gasteiger partial charge is 0.260 e. The van der Waals surface area contributed by atoms with E-state index in [1.165, 1.54) is 23.5 Å². The first-order chi connectivity index (χ1) is 14.6. The molecular formula is C23H29N3O3S2. The van der Waals surface area contributed by atoms with Crippen molar-refractivity contribution in [2.24, 2.45) is 0 Å². The second-order valence-corrected chi connectivity index (χ2v) is 10.7. The first kappa shape index (κ1) is 23.4. The molecule has 1 heterocycles. The van der Waals surface area contributed by atoms with E-state index in [2.05, 4.69) is 30.9 Å². The minimum atomic E-state index is -3.41. The number of fused-ring (bicyclic) bond motifs is 1. The van der Waals surface area contributed by atoms with Gasteiger partial charge in [-0.25, -0.2) is 13.4 Å². The lowest BCUT2D eigenvalue weighted by molar-refractivity contribution is 0.0983. The fraction of sp³-hybridized carbons (Fsp3) is 0.391. The second-order valence-electron chi connectivity index (χ2n) is 7.71. The molecule has 166 valence electrons. The van der Waals surface area contributed by atoms with E-state index in [1.54, 1.807) is 17.0 Å². The van der Waals surface area contributed by atoms with Crippen LogP contribution < -0.4 is 4.90 Å². The number of sulfone groups is 1. The molecule has 0 radical (unpaired) electrons. The highest BCUT2D eigenvalue weighted by Gasteiger charge is 2.23. The molecule has 31 heavy (non-hydrogen) atoms. The Kier molecular flexibility index (Phi) is 7.13. The third-order valence-electron chi connectivity index (χ3n) is 5.34. The molecule has 3 aromatic rings. The highest BCUT2D eigenvalue weighted by molar-refractivity contribution is 7.90. The van der Waals surface area contributed by atoms with E-state index in [0.29, 0.717) is 23.8 Å². The number of thiazole rings is 1. The fourth-order valence-corrected chi connectivity index (χ4v) is 5.39. The zero-order valence-electron chi connectivity index (χ0n) is 18.7. The molecule has 0 fully saturated rings. The largest absolute Gasteiger partial charge is 0.302 e. The summed E-state index contributed by atoms with van der Waals surface area (Å²) in [7, 11) is -3.41. The third kappa shape index (κ3) is 5.31. The van der Waals surface area contributed by atoms with E-state index >= 15 is 0 Å². The van der Waals surface area contributed by atoms with Gasteiger partial charge in [0.25, 0.3) is 5.91 Å². The molecule has 6 nitrogen and oxygen atoms in total. The number of likely N-dealkylation sites (N-methyl/N-ethyl adjacent to an activating group) is 1. The zero-order chi connectivity index (χ0) is 22.8. The Morgan fingerprint density at radius 2 is 1.77 bits per heavy atom. The van der Waals surface area contributed by atoms with Crippen LogP contribution in [0.5, 0.6) is 0 Å². The maximum Gasteiger partial charge on any atom is 0.260 e. The van der Waals surface area contributed by atoms with Crippen LogP contribution in [0.3, 0.4) is 0 Å². The van der Waals surface area contributed by atoms with Crippen LogP contribution in [0.2, 0.25) is 0 Å². The quantitative estimate of drug-likeness (QED) is 0.502. The van der Waals surface area contributed by atoms with Gasteiger partial charge in [0.1, 0.15) is 0 Å². The maximum atomic E-state index is 13.5. The summed E-state index contributed by atoms with van der Waals surface area (Å²) in [5.41, 5.74) is 3.47. The summed E-state index contributed by atoms with van der Waals surface area (Å²) in [6, 6.07) is 10.4. The van der Waals surface area contributed by atoms with E-state index in [4.69, 9.17) is 4.98 Å². The first-order valence-corrected chi connectivity index (χ1v) is 13.1. The lowest BCUT2D eigenvalue weighted by Crippen LogP contribution is -2.39. The highest BCUT2D eigenvalue weighted by atomic mass is 32.2. The maximum absolute atomic E-state index is 13.5. The Morgan fingerprint density at radius 1 is 1.06 bits per heavy atom. The number of aryl methyl sites for hydroxylation is 2. The standard InChI is InChI=1S/C23H29N3O3S2/c1-6-25(7-2)11-12-26(22(27)18-9-8-10-19(15-18)31(5,28)29)23-24-21-17(4)13-16(3)14-20(21)30-23/h8-10,13-15H,6-7,11-12H2,1-5H3. The summed E-state index contributed by atoms with van der Waals surface area (Å²) < 4.78 is 25.0. The highest BCUT2D eigenvalue weighted by Crippen LogP contribution is 2.32. The van der Waals surface area contributed by atoms with Crippen molar-refractivity contribution < 1.29 is 13.2 Å². The predicted octanol–water partition coefficient (Wildman–Crippen LogP) is 4.31. The molecule has 3 rings (SSSR count). The van der Waals surface area contributed by atoms with Crippen LogP contribution in [-0.4, -0.2) is 56.6 Å². The van der Waals surface area contributed by atoms with E-state index in [0.717, 1.165) is 40.7 Å². The number of aromatic nitrogens is 1. The number of rotatable bonds is 8. The van der Waals surface area contributed by atoms with Crippen molar-refractivity contribution in [1.29, 1.82) is 0 Å². The van der Waals surface area contributed by atoms with Gasteiger partial charge in [0.15, 0.2) is 15.0 Å². The lowest BCUT2D eigenvalue weighted by atomic mass is 10.1. The fourth-order valence-electron chi connectivity index (χ4n) is 3.56. The topological polar surface area (TPSA) is 70.6 Å². The summed E-state index contributed by atoms with van der Waals surface area (Å²) in [6.07, 6.45) is 1.15. The van der Waals surface area contributed by atoms with Gasteiger partial charge in [0, 0.05) is 24.9 Å².